The van der Waals surface area contributed by atoms with E-state index < -0.39 is 0 Å². The van der Waals surface area contributed by atoms with E-state index in [4.69, 9.17) is 0 Å². The summed E-state index contributed by atoms with van der Waals surface area (Å²) in [4.78, 5) is 22.1. The maximum absolute atomic E-state index is 11.4. The maximum Gasteiger partial charge on any atom is 0.307 e. The molecule has 0 aromatic rings. The predicted octanol–water partition coefficient (Wildman–Crippen LogP) is 0.632. The smallest absolute Gasteiger partial charge is 0.307 e. The molecule has 0 spiro atoms. The third-order valence-electron chi connectivity index (χ3n) is 2.23. The van der Waals surface area contributed by atoms with Crippen LogP contribution in [0.5, 0.6) is 0 Å². The topological polar surface area (TPSA) is 55.4 Å². The minimum atomic E-state index is -0.296. The Morgan fingerprint density at radius 1 is 1.43 bits per heavy atom. The van der Waals surface area contributed by atoms with Gasteiger partial charge in [-0.05, 0) is 12.8 Å². The van der Waals surface area contributed by atoms with Crippen LogP contribution in [0, 0.1) is 5.92 Å². The molecule has 0 aromatic heterocycles. The van der Waals surface area contributed by atoms with E-state index in [9.17, 15) is 9.59 Å². The van der Waals surface area contributed by atoms with Crippen LogP contribution in [0.1, 0.15) is 19.3 Å². The summed E-state index contributed by atoms with van der Waals surface area (Å²) < 4.78 is 4.45. The molecule has 0 aliphatic heterocycles. The summed E-state index contributed by atoms with van der Waals surface area (Å²) in [6.07, 6.45) is 5.87. The van der Waals surface area contributed by atoms with E-state index in [2.05, 4.69) is 10.1 Å². The Balaban J connectivity index is 2.12. The van der Waals surface area contributed by atoms with Gasteiger partial charge < -0.3 is 10.1 Å². The summed E-state index contributed by atoms with van der Waals surface area (Å²) in [6, 6.07) is 0. The van der Waals surface area contributed by atoms with Crippen molar-refractivity contribution in [2.75, 3.05) is 13.7 Å². The average Bonchev–Trinajstić information content (AvgIpc) is 2.70. The first-order chi connectivity index (χ1) is 6.74. The fourth-order valence-corrected chi connectivity index (χ4v) is 1.37. The first-order valence-corrected chi connectivity index (χ1v) is 4.73. The predicted molar refractivity (Wildman–Crippen MR) is 51.5 cm³/mol. The van der Waals surface area contributed by atoms with Gasteiger partial charge in [-0.2, -0.15) is 0 Å². The molecular formula is C10H15NO3. The van der Waals surface area contributed by atoms with Crippen LogP contribution in [0.3, 0.4) is 0 Å². The highest BCUT2D eigenvalue weighted by atomic mass is 16.5. The van der Waals surface area contributed by atoms with E-state index in [1.807, 2.05) is 12.2 Å². The van der Waals surface area contributed by atoms with Gasteiger partial charge in [-0.15, -0.1) is 0 Å². The normalized spacial score (nSPS) is 15.5. The van der Waals surface area contributed by atoms with Crippen molar-refractivity contribution < 1.29 is 14.3 Å². The molecule has 1 N–H and O–H groups in total. The minimum Gasteiger partial charge on any atom is -0.469 e. The van der Waals surface area contributed by atoms with Gasteiger partial charge in [0, 0.05) is 12.5 Å². The van der Waals surface area contributed by atoms with Crippen molar-refractivity contribution in [3.8, 4) is 0 Å². The summed E-state index contributed by atoms with van der Waals surface area (Å²) >= 11 is 0. The summed E-state index contributed by atoms with van der Waals surface area (Å²) in [6.45, 7) is 0.363. The molecule has 0 unspecified atom stereocenters. The van der Waals surface area contributed by atoms with Crippen molar-refractivity contribution >= 4 is 11.9 Å². The van der Waals surface area contributed by atoms with Crippen LogP contribution >= 0.6 is 0 Å². The van der Waals surface area contributed by atoms with Gasteiger partial charge in [-0.25, -0.2) is 0 Å². The number of carbonyl (C=O) groups excluding carboxylic acids is 2. The molecule has 78 valence electrons. The lowest BCUT2D eigenvalue weighted by atomic mass is 10.1. The molecular weight excluding hydrogens is 182 g/mol. The number of amides is 1. The zero-order valence-corrected chi connectivity index (χ0v) is 8.29. The molecule has 0 heterocycles. The lowest BCUT2D eigenvalue weighted by molar-refractivity contribution is -0.140. The molecule has 0 saturated heterocycles. The third kappa shape index (κ3) is 3.20. The Bertz CT molecular complexity index is 240. The van der Waals surface area contributed by atoms with Gasteiger partial charge in [0.2, 0.25) is 5.91 Å². The van der Waals surface area contributed by atoms with Crippen molar-refractivity contribution in [2.45, 2.75) is 19.3 Å². The molecule has 1 aliphatic carbocycles. The second-order valence-electron chi connectivity index (χ2n) is 3.26. The monoisotopic (exact) mass is 197 g/mol. The van der Waals surface area contributed by atoms with E-state index in [1.165, 1.54) is 7.11 Å². The first-order valence-electron chi connectivity index (χ1n) is 4.73. The van der Waals surface area contributed by atoms with Crippen LogP contribution in [0.25, 0.3) is 0 Å². The second-order valence-corrected chi connectivity index (χ2v) is 3.26. The van der Waals surface area contributed by atoms with E-state index in [-0.39, 0.29) is 24.2 Å². The standard InChI is InChI=1S/C10H15NO3/c1-14-9(12)6-7-11-10(13)8-4-2-3-5-8/h2-3,8H,4-7H2,1H3,(H,11,13). The van der Waals surface area contributed by atoms with Crippen molar-refractivity contribution in [3.05, 3.63) is 12.2 Å². The second kappa shape index (κ2) is 5.42. The maximum atomic E-state index is 11.4. The fourth-order valence-electron chi connectivity index (χ4n) is 1.37. The Kier molecular flexibility index (Phi) is 4.16. The molecule has 4 heteroatoms. The van der Waals surface area contributed by atoms with E-state index in [0.717, 1.165) is 12.8 Å². The third-order valence-corrected chi connectivity index (χ3v) is 2.23. The van der Waals surface area contributed by atoms with Crippen LogP contribution < -0.4 is 5.32 Å². The average molecular weight is 197 g/mol. The van der Waals surface area contributed by atoms with Gasteiger partial charge in [-0.1, -0.05) is 12.2 Å². The number of esters is 1. The lowest BCUT2D eigenvalue weighted by Gasteiger charge is -2.09. The Morgan fingerprint density at radius 2 is 2.07 bits per heavy atom. The molecule has 0 fully saturated rings. The van der Waals surface area contributed by atoms with Gasteiger partial charge in [0.15, 0.2) is 0 Å². The first kappa shape index (κ1) is 10.8. The van der Waals surface area contributed by atoms with Gasteiger partial charge in [0.25, 0.3) is 0 Å². The summed E-state index contributed by atoms with van der Waals surface area (Å²) in [5, 5.41) is 2.71. The molecule has 0 radical (unpaired) electrons. The highest BCUT2D eigenvalue weighted by Gasteiger charge is 2.18. The number of rotatable bonds is 4. The molecule has 4 nitrogen and oxygen atoms in total. The van der Waals surface area contributed by atoms with Crippen molar-refractivity contribution in [3.63, 3.8) is 0 Å². The van der Waals surface area contributed by atoms with Gasteiger partial charge in [-0.3, -0.25) is 9.59 Å². The van der Waals surface area contributed by atoms with Crippen molar-refractivity contribution in [1.82, 2.24) is 5.32 Å². The van der Waals surface area contributed by atoms with Crippen LogP contribution in [-0.2, 0) is 14.3 Å². The van der Waals surface area contributed by atoms with Gasteiger partial charge >= 0.3 is 5.97 Å². The number of hydrogen-bond donors (Lipinski definition) is 1. The van der Waals surface area contributed by atoms with Crippen LogP contribution in [0.4, 0.5) is 0 Å². The van der Waals surface area contributed by atoms with Crippen LogP contribution in [-0.4, -0.2) is 25.5 Å². The van der Waals surface area contributed by atoms with Crippen molar-refractivity contribution in [1.29, 1.82) is 0 Å². The number of allylic oxidation sites excluding steroid dienone is 2. The molecule has 1 amide bonds. The zero-order chi connectivity index (χ0) is 10.4. The lowest BCUT2D eigenvalue weighted by Crippen LogP contribution is -2.31. The summed E-state index contributed by atoms with van der Waals surface area (Å²) in [5.74, 6) is -0.207. The largest absolute Gasteiger partial charge is 0.469 e. The molecule has 0 atom stereocenters. The molecule has 0 aromatic carbocycles. The molecule has 1 aliphatic rings. The Morgan fingerprint density at radius 3 is 2.64 bits per heavy atom. The van der Waals surface area contributed by atoms with E-state index in [0.29, 0.717) is 6.54 Å². The number of hydrogen-bond acceptors (Lipinski definition) is 3. The summed E-state index contributed by atoms with van der Waals surface area (Å²) in [5.41, 5.74) is 0. The SMILES string of the molecule is COC(=O)CCNC(=O)C1CC=CC1. The minimum absolute atomic E-state index is 0.0268. The Labute approximate surface area is 83.3 Å². The van der Waals surface area contributed by atoms with Crippen molar-refractivity contribution in [2.24, 2.45) is 5.92 Å². The number of carbonyl (C=O) groups is 2. The number of methoxy groups -OCH3 is 1. The quantitative estimate of drug-likeness (QED) is 0.531. The summed E-state index contributed by atoms with van der Waals surface area (Å²) in [7, 11) is 1.34. The molecule has 14 heavy (non-hydrogen) atoms. The van der Waals surface area contributed by atoms with Gasteiger partial charge in [0.1, 0.15) is 0 Å². The van der Waals surface area contributed by atoms with Crippen LogP contribution in [0.15, 0.2) is 12.2 Å². The molecule has 0 saturated carbocycles. The van der Waals surface area contributed by atoms with E-state index >= 15 is 0 Å². The Hall–Kier alpha value is -1.32. The highest BCUT2D eigenvalue weighted by molar-refractivity contribution is 5.80. The zero-order valence-electron chi connectivity index (χ0n) is 8.29. The molecule has 1 rings (SSSR count). The number of ether oxygens (including phenoxy) is 1. The number of nitrogens with one attached hydrogen (secondary N) is 1. The van der Waals surface area contributed by atoms with E-state index in [1.54, 1.807) is 0 Å². The fraction of sp³-hybridized carbons (Fsp3) is 0.600. The molecule has 0 bridgehead atoms. The van der Waals surface area contributed by atoms with Gasteiger partial charge in [0.05, 0.1) is 13.5 Å². The highest BCUT2D eigenvalue weighted by Crippen LogP contribution is 2.17. The van der Waals surface area contributed by atoms with Crippen LogP contribution in [0.2, 0.25) is 0 Å².